The second kappa shape index (κ2) is 7.21. The molecule has 1 saturated heterocycles. The van der Waals surface area contributed by atoms with E-state index < -0.39 is 0 Å². The van der Waals surface area contributed by atoms with Gasteiger partial charge in [-0.1, -0.05) is 17.3 Å². The van der Waals surface area contributed by atoms with Gasteiger partial charge in [-0.2, -0.15) is 4.98 Å². The molecule has 3 aromatic rings. The second-order valence-corrected chi connectivity index (χ2v) is 6.26. The summed E-state index contributed by atoms with van der Waals surface area (Å²) >= 11 is 0. The Morgan fingerprint density at radius 2 is 2.23 bits per heavy atom. The van der Waals surface area contributed by atoms with Crippen molar-refractivity contribution in [2.75, 3.05) is 13.7 Å². The van der Waals surface area contributed by atoms with Crippen LogP contribution in [0.15, 0.2) is 47.2 Å². The monoisotopic (exact) mass is 354 g/mol. The van der Waals surface area contributed by atoms with Crippen molar-refractivity contribution in [3.8, 4) is 17.1 Å². The van der Waals surface area contributed by atoms with Crippen LogP contribution in [0.4, 0.5) is 4.39 Å². The summed E-state index contributed by atoms with van der Waals surface area (Å²) in [6.07, 6.45) is 5.31. The fourth-order valence-corrected chi connectivity index (χ4v) is 3.33. The van der Waals surface area contributed by atoms with Gasteiger partial charge in [-0.3, -0.25) is 9.88 Å². The number of aromatic nitrogens is 3. The smallest absolute Gasteiger partial charge is 0.244 e. The first-order valence-corrected chi connectivity index (χ1v) is 8.55. The summed E-state index contributed by atoms with van der Waals surface area (Å²) in [5.74, 6) is 1.02. The summed E-state index contributed by atoms with van der Waals surface area (Å²) in [7, 11) is 1.47. The Labute approximate surface area is 150 Å². The van der Waals surface area contributed by atoms with E-state index in [0.717, 1.165) is 24.9 Å². The summed E-state index contributed by atoms with van der Waals surface area (Å²) in [6.45, 7) is 1.32. The van der Waals surface area contributed by atoms with E-state index >= 15 is 0 Å². The number of nitrogens with zero attached hydrogens (tertiary/aromatic N) is 4. The average molecular weight is 354 g/mol. The molecule has 2 aromatic heterocycles. The number of hydrogen-bond acceptors (Lipinski definition) is 6. The SMILES string of the molecule is COc1cccc(CN2CCC[C@@H]2c2nc(-c3cccnc3)no2)c1F. The summed E-state index contributed by atoms with van der Waals surface area (Å²) in [5.41, 5.74) is 1.41. The zero-order chi connectivity index (χ0) is 17.9. The fourth-order valence-electron chi connectivity index (χ4n) is 3.33. The first kappa shape index (κ1) is 16.7. The maximum atomic E-state index is 14.5. The molecule has 0 N–H and O–H groups in total. The van der Waals surface area contributed by atoms with Gasteiger partial charge in [0.05, 0.1) is 13.2 Å². The third-order valence-electron chi connectivity index (χ3n) is 4.65. The first-order chi connectivity index (χ1) is 12.8. The predicted molar refractivity (Wildman–Crippen MR) is 92.9 cm³/mol. The van der Waals surface area contributed by atoms with Gasteiger partial charge < -0.3 is 9.26 Å². The Hall–Kier alpha value is -2.80. The van der Waals surface area contributed by atoms with Crippen LogP contribution < -0.4 is 4.74 Å². The van der Waals surface area contributed by atoms with Crippen molar-refractivity contribution in [1.82, 2.24) is 20.0 Å². The molecule has 1 aliphatic heterocycles. The van der Waals surface area contributed by atoms with E-state index in [0.29, 0.717) is 23.8 Å². The normalized spacial score (nSPS) is 17.5. The molecule has 1 aliphatic rings. The fraction of sp³-hybridized carbons (Fsp3) is 0.316. The van der Waals surface area contributed by atoms with Gasteiger partial charge in [-0.05, 0) is 37.6 Å². The van der Waals surface area contributed by atoms with Gasteiger partial charge in [-0.15, -0.1) is 0 Å². The molecule has 0 saturated carbocycles. The van der Waals surface area contributed by atoms with E-state index in [2.05, 4.69) is 20.0 Å². The predicted octanol–water partition coefficient (Wildman–Crippen LogP) is 3.62. The Balaban J connectivity index is 1.55. The number of pyridine rings is 1. The molecule has 0 amide bonds. The molecule has 0 bridgehead atoms. The van der Waals surface area contributed by atoms with Crippen LogP contribution in [-0.4, -0.2) is 33.7 Å². The average Bonchev–Trinajstić information content (AvgIpc) is 3.33. The number of halogens is 1. The van der Waals surface area contributed by atoms with E-state index in [1.54, 1.807) is 30.6 Å². The summed E-state index contributed by atoms with van der Waals surface area (Å²) in [5, 5.41) is 4.07. The zero-order valence-electron chi connectivity index (χ0n) is 14.4. The molecule has 1 fully saturated rings. The number of benzene rings is 1. The Bertz CT molecular complexity index is 884. The Kier molecular flexibility index (Phi) is 4.62. The molecule has 1 aromatic carbocycles. The van der Waals surface area contributed by atoms with Crippen LogP contribution in [-0.2, 0) is 6.54 Å². The molecule has 4 rings (SSSR count). The quantitative estimate of drug-likeness (QED) is 0.697. The number of rotatable bonds is 5. The number of ether oxygens (including phenoxy) is 1. The number of hydrogen-bond donors (Lipinski definition) is 0. The minimum absolute atomic E-state index is 0.0153. The first-order valence-electron chi connectivity index (χ1n) is 8.55. The van der Waals surface area contributed by atoms with Gasteiger partial charge in [0.1, 0.15) is 0 Å². The van der Waals surface area contributed by atoms with E-state index in [-0.39, 0.29) is 17.6 Å². The highest BCUT2D eigenvalue weighted by Gasteiger charge is 2.31. The van der Waals surface area contributed by atoms with Gasteiger partial charge in [0.25, 0.3) is 0 Å². The van der Waals surface area contributed by atoms with E-state index in [1.165, 1.54) is 7.11 Å². The van der Waals surface area contributed by atoms with Crippen LogP contribution in [0.2, 0.25) is 0 Å². The second-order valence-electron chi connectivity index (χ2n) is 6.26. The van der Waals surface area contributed by atoms with Gasteiger partial charge in [0, 0.05) is 30.1 Å². The van der Waals surface area contributed by atoms with Crippen molar-refractivity contribution in [2.45, 2.75) is 25.4 Å². The van der Waals surface area contributed by atoms with E-state index in [4.69, 9.17) is 9.26 Å². The number of likely N-dealkylation sites (tertiary alicyclic amines) is 1. The van der Waals surface area contributed by atoms with Crippen LogP contribution in [0.1, 0.15) is 30.3 Å². The molecular formula is C19H19FN4O2. The molecule has 3 heterocycles. The largest absolute Gasteiger partial charge is 0.494 e. The minimum atomic E-state index is -0.317. The topological polar surface area (TPSA) is 64.3 Å². The number of methoxy groups -OCH3 is 1. The molecule has 0 unspecified atom stereocenters. The van der Waals surface area contributed by atoms with Crippen LogP contribution in [0.25, 0.3) is 11.4 Å². The van der Waals surface area contributed by atoms with Gasteiger partial charge in [0.2, 0.25) is 11.7 Å². The van der Waals surface area contributed by atoms with Crippen molar-refractivity contribution in [2.24, 2.45) is 0 Å². The lowest BCUT2D eigenvalue weighted by atomic mass is 10.1. The van der Waals surface area contributed by atoms with Gasteiger partial charge in [0.15, 0.2) is 11.6 Å². The molecule has 0 aliphatic carbocycles. The van der Waals surface area contributed by atoms with E-state index in [9.17, 15) is 4.39 Å². The van der Waals surface area contributed by atoms with Gasteiger partial charge in [-0.25, -0.2) is 4.39 Å². The lowest BCUT2D eigenvalue weighted by Crippen LogP contribution is -2.23. The molecule has 6 nitrogen and oxygen atoms in total. The van der Waals surface area contributed by atoms with Crippen LogP contribution in [0.5, 0.6) is 5.75 Å². The summed E-state index contributed by atoms with van der Waals surface area (Å²) < 4.78 is 25.0. The highest BCUT2D eigenvalue weighted by Crippen LogP contribution is 2.34. The van der Waals surface area contributed by atoms with Crippen LogP contribution >= 0.6 is 0 Å². The summed E-state index contributed by atoms with van der Waals surface area (Å²) in [6, 6.07) is 8.91. The highest BCUT2D eigenvalue weighted by atomic mass is 19.1. The van der Waals surface area contributed by atoms with Crippen LogP contribution in [0, 0.1) is 5.82 Å². The maximum Gasteiger partial charge on any atom is 0.244 e. The van der Waals surface area contributed by atoms with Crippen molar-refractivity contribution in [3.05, 3.63) is 60.0 Å². The van der Waals surface area contributed by atoms with Gasteiger partial charge >= 0.3 is 0 Å². The Morgan fingerprint density at radius 3 is 3.04 bits per heavy atom. The molecule has 1 atom stereocenters. The Morgan fingerprint density at radius 1 is 1.31 bits per heavy atom. The lowest BCUT2D eigenvalue weighted by molar-refractivity contribution is 0.198. The van der Waals surface area contributed by atoms with Crippen LogP contribution in [0.3, 0.4) is 0 Å². The van der Waals surface area contributed by atoms with Crippen molar-refractivity contribution < 1.29 is 13.7 Å². The summed E-state index contributed by atoms with van der Waals surface area (Å²) in [4.78, 5) is 10.8. The third kappa shape index (κ3) is 3.17. The highest BCUT2D eigenvalue weighted by molar-refractivity contribution is 5.51. The van der Waals surface area contributed by atoms with E-state index in [1.807, 2.05) is 12.1 Å². The molecule has 7 heteroatoms. The van der Waals surface area contributed by atoms with Crippen molar-refractivity contribution in [1.29, 1.82) is 0 Å². The molecule has 0 spiro atoms. The molecule has 26 heavy (non-hydrogen) atoms. The van der Waals surface area contributed by atoms with Crippen molar-refractivity contribution in [3.63, 3.8) is 0 Å². The molecule has 134 valence electrons. The molecular weight excluding hydrogens is 335 g/mol. The lowest BCUT2D eigenvalue weighted by Gasteiger charge is -2.22. The standard InChI is InChI=1S/C19H19FN4O2/c1-25-16-8-2-5-14(17(16)20)12-24-10-4-7-15(24)19-22-18(23-26-19)13-6-3-9-21-11-13/h2-3,5-6,8-9,11,15H,4,7,10,12H2,1H3/t15-/m1/s1. The third-order valence-corrected chi connectivity index (χ3v) is 4.65. The van der Waals surface area contributed by atoms with Crippen molar-refractivity contribution >= 4 is 0 Å². The molecule has 0 radical (unpaired) electrons. The maximum absolute atomic E-state index is 14.5. The minimum Gasteiger partial charge on any atom is -0.494 e. The zero-order valence-corrected chi connectivity index (χ0v) is 14.4.